The Hall–Kier alpha value is -2.71. The summed E-state index contributed by atoms with van der Waals surface area (Å²) in [6, 6.07) is 17.8. The Labute approximate surface area is 189 Å². The van der Waals surface area contributed by atoms with Gasteiger partial charge in [-0.15, -0.1) is 0 Å². The van der Waals surface area contributed by atoms with Crippen LogP contribution in [0.1, 0.15) is 29.9 Å². The molecule has 0 bridgehead atoms. The molecule has 4 rings (SSSR count). The second-order valence-electron chi connectivity index (χ2n) is 6.93. The van der Waals surface area contributed by atoms with Crippen LogP contribution in [0.5, 0.6) is 0 Å². The summed E-state index contributed by atoms with van der Waals surface area (Å²) < 4.78 is 7.99. The van der Waals surface area contributed by atoms with E-state index in [1.54, 1.807) is 6.20 Å². The van der Waals surface area contributed by atoms with E-state index in [0.29, 0.717) is 11.7 Å². The van der Waals surface area contributed by atoms with Gasteiger partial charge in [-0.1, -0.05) is 28.1 Å². The molecule has 1 aliphatic heterocycles. The van der Waals surface area contributed by atoms with Crippen molar-refractivity contribution in [2.24, 2.45) is 0 Å². The number of carbonyl (C=O) groups is 1. The number of methoxy groups -OCH3 is 1. The highest BCUT2D eigenvalue weighted by atomic mass is 79.9. The van der Waals surface area contributed by atoms with Crippen molar-refractivity contribution in [3.8, 4) is 5.69 Å². The summed E-state index contributed by atoms with van der Waals surface area (Å²) in [4.78, 5) is 18.4. The van der Waals surface area contributed by atoms with Crippen LogP contribution in [0.4, 0.5) is 0 Å². The highest BCUT2D eigenvalue weighted by Crippen LogP contribution is 2.39. The van der Waals surface area contributed by atoms with E-state index in [9.17, 15) is 4.79 Å². The third-order valence-corrected chi connectivity index (χ3v) is 6.00. The standard InChI is InChI=1S/C22H21BrN4O2S/c1-29-19(28)10-13-27-21(20(25-22(27)30)17-8-2-3-11-24-17)18-9-5-12-26(18)16-7-4-6-15(23)14-16/h2-9,11-12,14,20-21H,10,13H2,1H3,(H,25,30)/t20-,21+/m1/s1. The lowest BCUT2D eigenvalue weighted by atomic mass is 10.0. The molecule has 0 aliphatic carbocycles. The van der Waals surface area contributed by atoms with E-state index in [4.69, 9.17) is 17.0 Å². The number of hydrogen-bond acceptors (Lipinski definition) is 4. The van der Waals surface area contributed by atoms with E-state index in [0.717, 1.165) is 21.5 Å². The molecular formula is C22H21BrN4O2S. The summed E-state index contributed by atoms with van der Waals surface area (Å²) >= 11 is 9.21. The molecule has 2 atom stereocenters. The summed E-state index contributed by atoms with van der Waals surface area (Å²) in [6.07, 6.45) is 4.06. The van der Waals surface area contributed by atoms with E-state index in [1.165, 1.54) is 7.11 Å². The van der Waals surface area contributed by atoms with Crippen molar-refractivity contribution in [1.29, 1.82) is 0 Å². The second kappa shape index (κ2) is 8.97. The predicted molar refractivity (Wildman–Crippen MR) is 122 cm³/mol. The molecule has 3 aromatic rings. The summed E-state index contributed by atoms with van der Waals surface area (Å²) in [6.45, 7) is 0.455. The monoisotopic (exact) mass is 484 g/mol. The molecule has 8 heteroatoms. The van der Waals surface area contributed by atoms with Crippen molar-refractivity contribution in [3.05, 3.63) is 82.9 Å². The lowest BCUT2D eigenvalue weighted by Crippen LogP contribution is -2.32. The lowest BCUT2D eigenvalue weighted by molar-refractivity contribution is -0.140. The zero-order valence-corrected chi connectivity index (χ0v) is 18.8. The fraction of sp³-hybridized carbons (Fsp3) is 0.227. The van der Waals surface area contributed by atoms with Crippen LogP contribution in [0.2, 0.25) is 0 Å². The first kappa shape index (κ1) is 20.6. The van der Waals surface area contributed by atoms with E-state index >= 15 is 0 Å². The molecule has 6 nitrogen and oxygen atoms in total. The molecule has 1 saturated heterocycles. The van der Waals surface area contributed by atoms with E-state index in [2.05, 4.69) is 53.9 Å². The molecule has 0 unspecified atom stereocenters. The summed E-state index contributed by atoms with van der Waals surface area (Å²) in [5.74, 6) is -0.264. The Bertz CT molecular complexity index is 1060. The first-order valence-electron chi connectivity index (χ1n) is 9.56. The molecule has 3 heterocycles. The van der Waals surface area contributed by atoms with Gasteiger partial charge in [0.05, 0.1) is 31.3 Å². The van der Waals surface area contributed by atoms with E-state index < -0.39 is 0 Å². The number of nitrogens with zero attached hydrogens (tertiary/aromatic N) is 3. The van der Waals surface area contributed by atoms with Crippen LogP contribution in [-0.4, -0.2) is 39.2 Å². The summed E-state index contributed by atoms with van der Waals surface area (Å²) in [7, 11) is 1.40. The van der Waals surface area contributed by atoms with Crippen LogP contribution in [0.15, 0.2) is 71.5 Å². The van der Waals surface area contributed by atoms with Gasteiger partial charge in [0.2, 0.25) is 0 Å². The molecule has 154 valence electrons. The third-order valence-electron chi connectivity index (χ3n) is 5.15. The fourth-order valence-electron chi connectivity index (χ4n) is 3.78. The van der Waals surface area contributed by atoms with Crippen molar-refractivity contribution >= 4 is 39.2 Å². The van der Waals surface area contributed by atoms with Crippen LogP contribution in [0, 0.1) is 0 Å². The van der Waals surface area contributed by atoms with Crippen LogP contribution >= 0.6 is 28.1 Å². The first-order chi connectivity index (χ1) is 14.6. The largest absolute Gasteiger partial charge is 0.469 e. The zero-order chi connectivity index (χ0) is 21.1. The molecule has 30 heavy (non-hydrogen) atoms. The molecule has 0 spiro atoms. The highest BCUT2D eigenvalue weighted by Gasteiger charge is 2.41. The molecule has 1 aromatic carbocycles. The van der Waals surface area contributed by atoms with Gasteiger partial charge in [0, 0.05) is 34.8 Å². The van der Waals surface area contributed by atoms with E-state index in [-0.39, 0.29) is 24.5 Å². The number of ether oxygens (including phenoxy) is 1. The van der Waals surface area contributed by atoms with Gasteiger partial charge in [-0.2, -0.15) is 0 Å². The van der Waals surface area contributed by atoms with Gasteiger partial charge in [-0.05, 0) is 54.7 Å². The topological polar surface area (TPSA) is 59.4 Å². The number of rotatable bonds is 6. The normalized spacial score (nSPS) is 18.3. The lowest BCUT2D eigenvalue weighted by Gasteiger charge is -2.28. The number of nitrogens with one attached hydrogen (secondary N) is 1. The average molecular weight is 485 g/mol. The molecule has 0 radical (unpaired) electrons. The van der Waals surface area contributed by atoms with Crippen molar-refractivity contribution in [2.75, 3.05) is 13.7 Å². The number of pyridine rings is 1. The van der Waals surface area contributed by atoms with Crippen LogP contribution < -0.4 is 5.32 Å². The van der Waals surface area contributed by atoms with Crippen LogP contribution in [0.3, 0.4) is 0 Å². The first-order valence-corrected chi connectivity index (χ1v) is 10.8. The van der Waals surface area contributed by atoms with Gasteiger partial charge in [0.15, 0.2) is 5.11 Å². The fourth-order valence-corrected chi connectivity index (χ4v) is 4.50. The summed E-state index contributed by atoms with van der Waals surface area (Å²) in [5.41, 5.74) is 2.99. The van der Waals surface area contributed by atoms with Crippen molar-refractivity contribution in [1.82, 2.24) is 19.8 Å². The maximum Gasteiger partial charge on any atom is 0.307 e. The molecule has 1 aliphatic rings. The minimum atomic E-state index is -0.264. The Morgan fingerprint density at radius 2 is 2.10 bits per heavy atom. The molecular weight excluding hydrogens is 464 g/mol. The number of hydrogen-bond donors (Lipinski definition) is 1. The van der Waals surface area contributed by atoms with Crippen molar-refractivity contribution in [2.45, 2.75) is 18.5 Å². The Morgan fingerprint density at radius 1 is 1.23 bits per heavy atom. The smallest absolute Gasteiger partial charge is 0.307 e. The van der Waals surface area contributed by atoms with Crippen molar-refractivity contribution < 1.29 is 9.53 Å². The van der Waals surface area contributed by atoms with E-state index in [1.807, 2.05) is 42.6 Å². The Morgan fingerprint density at radius 3 is 2.83 bits per heavy atom. The number of halogens is 1. The van der Waals surface area contributed by atoms with Gasteiger partial charge < -0.3 is 19.5 Å². The minimum Gasteiger partial charge on any atom is -0.469 e. The number of aromatic nitrogens is 2. The highest BCUT2D eigenvalue weighted by molar-refractivity contribution is 9.10. The van der Waals surface area contributed by atoms with Gasteiger partial charge in [0.1, 0.15) is 0 Å². The average Bonchev–Trinajstić information content (AvgIpc) is 3.36. The number of thiocarbonyl (C=S) groups is 1. The zero-order valence-electron chi connectivity index (χ0n) is 16.4. The number of esters is 1. The number of carbonyl (C=O) groups excluding carboxylic acids is 1. The maximum atomic E-state index is 11.8. The Balaban J connectivity index is 1.76. The predicted octanol–water partition coefficient (Wildman–Crippen LogP) is 4.17. The Kier molecular flexibility index (Phi) is 6.15. The van der Waals surface area contributed by atoms with Gasteiger partial charge in [-0.25, -0.2) is 0 Å². The molecule has 1 fully saturated rings. The molecule has 1 N–H and O–H groups in total. The molecule has 2 aromatic heterocycles. The summed E-state index contributed by atoms with van der Waals surface area (Å²) in [5, 5.41) is 4.01. The van der Waals surface area contributed by atoms with Gasteiger partial charge >= 0.3 is 5.97 Å². The molecule has 0 saturated carbocycles. The van der Waals surface area contributed by atoms with Gasteiger partial charge in [-0.3, -0.25) is 9.78 Å². The molecule has 0 amide bonds. The van der Waals surface area contributed by atoms with Crippen molar-refractivity contribution in [3.63, 3.8) is 0 Å². The minimum absolute atomic E-state index is 0.133. The third kappa shape index (κ3) is 4.11. The van der Waals surface area contributed by atoms with Crippen LogP contribution in [-0.2, 0) is 9.53 Å². The quantitative estimate of drug-likeness (QED) is 0.418. The second-order valence-corrected chi connectivity index (χ2v) is 8.23. The SMILES string of the molecule is COC(=O)CCN1C(=S)N[C@H](c2ccccn2)[C@@H]1c1cccn1-c1cccc(Br)c1. The number of benzene rings is 1. The van der Waals surface area contributed by atoms with Gasteiger partial charge in [0.25, 0.3) is 0 Å². The van der Waals surface area contributed by atoms with Crippen LogP contribution in [0.25, 0.3) is 5.69 Å². The maximum absolute atomic E-state index is 11.8.